The van der Waals surface area contributed by atoms with Crippen LogP contribution in [0.4, 0.5) is 10.8 Å². The number of rotatable bonds is 3. The molecule has 1 aliphatic heterocycles. The van der Waals surface area contributed by atoms with Crippen LogP contribution in [0, 0.1) is 24.0 Å². The van der Waals surface area contributed by atoms with E-state index in [9.17, 15) is 19.7 Å². The minimum Gasteiger partial charge on any atom is -0.450 e. The normalized spacial score (nSPS) is 15.4. The number of carbonyl (C=O) groups is 1. The third-order valence-electron chi connectivity index (χ3n) is 5.45. The molecule has 0 bridgehead atoms. The highest BCUT2D eigenvalue weighted by Crippen LogP contribution is 2.43. The number of non-ortho nitro benzene ring substituents is 1. The summed E-state index contributed by atoms with van der Waals surface area (Å²) in [6, 6.07) is 9.53. The van der Waals surface area contributed by atoms with Crippen molar-refractivity contribution < 1.29 is 14.1 Å². The number of benzene rings is 2. The lowest BCUT2D eigenvalue weighted by Gasteiger charge is -2.22. The predicted molar refractivity (Wildman–Crippen MR) is 121 cm³/mol. The summed E-state index contributed by atoms with van der Waals surface area (Å²) in [7, 11) is 0. The van der Waals surface area contributed by atoms with Crippen LogP contribution in [-0.2, 0) is 0 Å². The second kappa shape index (κ2) is 7.25. The number of fused-ring (bicyclic) bond motifs is 2. The number of halogens is 1. The molecule has 3 heterocycles. The van der Waals surface area contributed by atoms with Crippen LogP contribution >= 0.6 is 22.9 Å². The quantitative estimate of drug-likeness (QED) is 0.303. The highest BCUT2D eigenvalue weighted by molar-refractivity contribution is 7.15. The lowest BCUT2D eigenvalue weighted by atomic mass is 9.98. The number of hydrogen-bond donors (Lipinski definition) is 0. The SMILES string of the molecule is Cc1nc(N2C(=O)c3oc4ccc(Cl)cc4c(=O)c3[C@@H]2c2cccc([N+](=O)[O-])c2)sc1C. The minimum atomic E-state index is -0.929. The zero-order valence-electron chi connectivity index (χ0n) is 16.8. The van der Waals surface area contributed by atoms with Crippen molar-refractivity contribution in [2.24, 2.45) is 0 Å². The Morgan fingerprint density at radius 3 is 2.66 bits per heavy atom. The second-order valence-electron chi connectivity index (χ2n) is 7.38. The van der Waals surface area contributed by atoms with Crippen LogP contribution in [0.3, 0.4) is 0 Å². The van der Waals surface area contributed by atoms with Crippen molar-refractivity contribution in [2.45, 2.75) is 19.9 Å². The molecule has 0 N–H and O–H groups in total. The number of thiazole rings is 1. The first-order valence-electron chi connectivity index (χ1n) is 9.54. The molecule has 10 heteroatoms. The first-order valence-corrected chi connectivity index (χ1v) is 10.7. The lowest BCUT2D eigenvalue weighted by Crippen LogP contribution is -2.29. The van der Waals surface area contributed by atoms with Gasteiger partial charge in [-0.3, -0.25) is 24.6 Å². The van der Waals surface area contributed by atoms with E-state index in [0.29, 0.717) is 15.7 Å². The van der Waals surface area contributed by atoms with Gasteiger partial charge in [0.1, 0.15) is 5.58 Å². The fourth-order valence-electron chi connectivity index (χ4n) is 3.83. The van der Waals surface area contributed by atoms with Crippen molar-refractivity contribution >= 4 is 50.6 Å². The van der Waals surface area contributed by atoms with Crippen molar-refractivity contribution in [2.75, 3.05) is 4.90 Å². The van der Waals surface area contributed by atoms with Crippen LogP contribution in [-0.4, -0.2) is 15.8 Å². The topological polar surface area (TPSA) is 107 Å². The molecule has 2 aromatic carbocycles. The number of anilines is 1. The van der Waals surface area contributed by atoms with Crippen LogP contribution in [0.2, 0.25) is 5.02 Å². The van der Waals surface area contributed by atoms with Crippen LogP contribution < -0.4 is 10.3 Å². The molecular formula is C22H14ClN3O5S. The molecular weight excluding hydrogens is 454 g/mol. The molecule has 0 spiro atoms. The summed E-state index contributed by atoms with van der Waals surface area (Å²) in [4.78, 5) is 44.6. The van der Waals surface area contributed by atoms with Gasteiger partial charge in [-0.25, -0.2) is 4.98 Å². The molecule has 0 aliphatic carbocycles. The van der Waals surface area contributed by atoms with Crippen LogP contribution in [0.25, 0.3) is 11.0 Å². The van der Waals surface area contributed by atoms with Crippen LogP contribution in [0.5, 0.6) is 0 Å². The minimum absolute atomic E-state index is 0.105. The van der Waals surface area contributed by atoms with Gasteiger partial charge >= 0.3 is 0 Å². The summed E-state index contributed by atoms with van der Waals surface area (Å²) < 4.78 is 5.86. The Labute approximate surface area is 189 Å². The molecule has 1 aliphatic rings. The average Bonchev–Trinajstić information content (AvgIpc) is 3.25. The molecule has 160 valence electrons. The van der Waals surface area contributed by atoms with Crippen molar-refractivity contribution in [1.82, 2.24) is 4.98 Å². The van der Waals surface area contributed by atoms with Gasteiger partial charge in [0, 0.05) is 22.0 Å². The number of amides is 1. The number of aryl methyl sites for hydroxylation is 2. The van der Waals surface area contributed by atoms with Crippen molar-refractivity contribution in [3.05, 3.63) is 95.3 Å². The van der Waals surface area contributed by atoms with E-state index in [4.69, 9.17) is 16.0 Å². The van der Waals surface area contributed by atoms with Gasteiger partial charge in [0.05, 0.1) is 27.6 Å². The molecule has 0 fully saturated rings. The predicted octanol–water partition coefficient (Wildman–Crippen LogP) is 5.18. The molecule has 1 amide bonds. The largest absolute Gasteiger partial charge is 0.450 e. The first kappa shape index (κ1) is 20.3. The van der Waals surface area contributed by atoms with E-state index in [1.165, 1.54) is 46.6 Å². The molecule has 32 heavy (non-hydrogen) atoms. The summed E-state index contributed by atoms with van der Waals surface area (Å²) in [5.41, 5.74) is 0.936. The summed E-state index contributed by atoms with van der Waals surface area (Å²) in [5, 5.41) is 12.3. The molecule has 0 saturated carbocycles. The molecule has 0 radical (unpaired) electrons. The Bertz CT molecular complexity index is 1490. The van der Waals surface area contributed by atoms with E-state index in [1.807, 2.05) is 13.8 Å². The molecule has 8 nitrogen and oxygen atoms in total. The fourth-order valence-corrected chi connectivity index (χ4v) is 4.93. The third kappa shape index (κ3) is 3.01. The zero-order chi connectivity index (χ0) is 22.7. The van der Waals surface area contributed by atoms with Gasteiger partial charge in [0.2, 0.25) is 5.76 Å². The van der Waals surface area contributed by atoms with Gasteiger partial charge in [0.15, 0.2) is 10.6 Å². The first-order chi connectivity index (χ1) is 15.3. The molecule has 2 aromatic heterocycles. The molecule has 0 unspecified atom stereocenters. The third-order valence-corrected chi connectivity index (χ3v) is 6.76. The van der Waals surface area contributed by atoms with E-state index in [-0.39, 0.29) is 28.0 Å². The zero-order valence-corrected chi connectivity index (χ0v) is 18.4. The fraction of sp³-hybridized carbons (Fsp3) is 0.136. The standard InChI is InChI=1S/C22H14ClN3O5S/c1-10-11(2)32-22(24-10)25-18(12-4-3-5-14(8-12)26(29)30)17-19(27)15-9-13(23)6-7-16(15)31-20(17)21(25)28/h3-9,18H,1-2H3/t18-/m0/s1. The Hall–Kier alpha value is -3.56. The van der Waals surface area contributed by atoms with E-state index in [0.717, 1.165) is 10.6 Å². The summed E-state index contributed by atoms with van der Waals surface area (Å²) in [6.07, 6.45) is 0. The molecule has 4 aromatic rings. The van der Waals surface area contributed by atoms with Gasteiger partial charge in [-0.2, -0.15) is 0 Å². The summed E-state index contributed by atoms with van der Waals surface area (Å²) in [5.74, 6) is -0.633. The smallest absolute Gasteiger partial charge is 0.297 e. The number of carbonyl (C=O) groups excluding carboxylic acids is 1. The summed E-state index contributed by atoms with van der Waals surface area (Å²) in [6.45, 7) is 3.71. The summed E-state index contributed by atoms with van der Waals surface area (Å²) >= 11 is 7.39. The maximum Gasteiger partial charge on any atom is 0.297 e. The number of aromatic nitrogens is 1. The second-order valence-corrected chi connectivity index (χ2v) is 9.00. The van der Waals surface area contributed by atoms with Crippen molar-refractivity contribution in [3.8, 4) is 0 Å². The number of hydrogen-bond acceptors (Lipinski definition) is 7. The molecule has 5 rings (SSSR count). The number of nitro benzene ring substituents is 1. The van der Waals surface area contributed by atoms with Crippen molar-refractivity contribution in [3.63, 3.8) is 0 Å². The van der Waals surface area contributed by atoms with Gasteiger partial charge in [-0.15, -0.1) is 11.3 Å². The highest BCUT2D eigenvalue weighted by Gasteiger charge is 2.45. The van der Waals surface area contributed by atoms with Crippen molar-refractivity contribution in [1.29, 1.82) is 0 Å². The molecule has 1 atom stereocenters. The number of nitrogens with zero attached hydrogens (tertiary/aromatic N) is 3. The monoisotopic (exact) mass is 467 g/mol. The molecule has 0 saturated heterocycles. The van der Waals surface area contributed by atoms with Gasteiger partial charge in [-0.05, 0) is 37.6 Å². The number of nitro groups is 1. The van der Waals surface area contributed by atoms with Gasteiger partial charge in [0.25, 0.3) is 11.6 Å². The van der Waals surface area contributed by atoms with E-state index in [2.05, 4.69) is 4.98 Å². The highest BCUT2D eigenvalue weighted by atomic mass is 35.5. The Kier molecular flexibility index (Phi) is 4.61. The van der Waals surface area contributed by atoms with E-state index >= 15 is 0 Å². The van der Waals surface area contributed by atoms with Gasteiger partial charge in [-0.1, -0.05) is 23.7 Å². The van der Waals surface area contributed by atoms with Gasteiger partial charge < -0.3 is 4.42 Å². The van der Waals surface area contributed by atoms with E-state index in [1.54, 1.807) is 12.1 Å². The lowest BCUT2D eigenvalue weighted by molar-refractivity contribution is -0.384. The maximum atomic E-state index is 13.5. The Morgan fingerprint density at radius 2 is 1.97 bits per heavy atom. The average molecular weight is 468 g/mol. The van der Waals surface area contributed by atoms with Crippen LogP contribution in [0.1, 0.15) is 38.3 Å². The van der Waals surface area contributed by atoms with E-state index < -0.39 is 22.3 Å². The Balaban J connectivity index is 1.83. The maximum absolute atomic E-state index is 13.5. The Morgan fingerprint density at radius 1 is 1.19 bits per heavy atom. The van der Waals surface area contributed by atoms with Crippen LogP contribution in [0.15, 0.2) is 51.7 Å².